The molecular weight excluding hydrogens is 432 g/mol. The van der Waals surface area contributed by atoms with Crippen molar-refractivity contribution in [3.05, 3.63) is 59.7 Å². The van der Waals surface area contributed by atoms with Gasteiger partial charge in [0, 0.05) is 19.0 Å². The number of carbonyl (C=O) groups excluding carboxylic acids is 2. The van der Waals surface area contributed by atoms with E-state index < -0.39 is 18.1 Å². The Hall–Kier alpha value is -3.35. The van der Waals surface area contributed by atoms with Gasteiger partial charge in [0.15, 0.2) is 0 Å². The molecule has 180 valence electrons. The van der Waals surface area contributed by atoms with Gasteiger partial charge in [-0.3, -0.25) is 9.59 Å². The monoisotopic (exact) mass is 464 g/mol. The Kier molecular flexibility index (Phi) is 7.20. The van der Waals surface area contributed by atoms with Gasteiger partial charge in [0.2, 0.25) is 5.91 Å². The molecule has 2 aliphatic rings. The molecule has 1 fully saturated rings. The predicted octanol–water partition coefficient (Wildman–Crippen LogP) is 4.26. The van der Waals surface area contributed by atoms with E-state index in [2.05, 4.69) is 29.6 Å². The van der Waals surface area contributed by atoms with Crippen LogP contribution in [0.3, 0.4) is 0 Å². The third kappa shape index (κ3) is 5.41. The Balaban J connectivity index is 1.41. The number of carbonyl (C=O) groups is 3. The number of rotatable bonds is 10. The van der Waals surface area contributed by atoms with E-state index >= 15 is 0 Å². The fourth-order valence-electron chi connectivity index (χ4n) is 4.61. The molecule has 2 N–H and O–H groups in total. The molecule has 0 radical (unpaired) electrons. The molecule has 0 spiro atoms. The highest BCUT2D eigenvalue weighted by Crippen LogP contribution is 2.44. The van der Waals surface area contributed by atoms with Gasteiger partial charge in [0.05, 0.1) is 6.42 Å². The Morgan fingerprint density at radius 3 is 2.15 bits per heavy atom. The van der Waals surface area contributed by atoms with E-state index in [1.807, 2.05) is 38.1 Å². The number of nitrogens with zero attached hydrogens (tertiary/aromatic N) is 1. The largest absolute Gasteiger partial charge is 0.481 e. The van der Waals surface area contributed by atoms with Crippen LogP contribution in [-0.4, -0.2) is 53.7 Å². The number of hydrogen-bond acceptors (Lipinski definition) is 4. The highest BCUT2D eigenvalue weighted by atomic mass is 16.5. The normalized spacial score (nSPS) is 15.4. The Morgan fingerprint density at radius 2 is 1.62 bits per heavy atom. The molecule has 2 aromatic rings. The lowest BCUT2D eigenvalue weighted by atomic mass is 9.98. The van der Waals surface area contributed by atoms with Crippen molar-refractivity contribution in [3.8, 4) is 11.1 Å². The van der Waals surface area contributed by atoms with Crippen molar-refractivity contribution in [2.45, 2.75) is 45.1 Å². The number of amides is 2. The lowest BCUT2D eigenvalue weighted by molar-refractivity contribution is -0.139. The molecule has 0 aromatic heterocycles. The molecule has 2 aromatic carbocycles. The summed E-state index contributed by atoms with van der Waals surface area (Å²) in [5.74, 6) is -1.01. The van der Waals surface area contributed by atoms with Crippen molar-refractivity contribution in [2.75, 3.05) is 19.7 Å². The molecule has 0 aliphatic heterocycles. The topological polar surface area (TPSA) is 95.9 Å². The molecule has 1 saturated carbocycles. The third-order valence-electron chi connectivity index (χ3n) is 6.63. The minimum atomic E-state index is -0.945. The van der Waals surface area contributed by atoms with Gasteiger partial charge in [-0.15, -0.1) is 0 Å². The first-order chi connectivity index (χ1) is 16.3. The van der Waals surface area contributed by atoms with Crippen LogP contribution in [0.5, 0.6) is 0 Å². The zero-order valence-electron chi connectivity index (χ0n) is 19.7. The fraction of sp³-hybridized carbons (Fsp3) is 0.444. The van der Waals surface area contributed by atoms with Gasteiger partial charge in [-0.25, -0.2) is 4.79 Å². The number of carboxylic acid groups (broad SMARTS) is 1. The number of alkyl carbamates (subject to hydrolysis) is 1. The summed E-state index contributed by atoms with van der Waals surface area (Å²) in [7, 11) is 0. The summed E-state index contributed by atoms with van der Waals surface area (Å²) >= 11 is 0. The maximum atomic E-state index is 13.2. The first-order valence-corrected chi connectivity index (χ1v) is 12.0. The number of aliphatic carboxylic acids is 1. The first kappa shape index (κ1) is 23.8. The lowest BCUT2D eigenvalue weighted by Crippen LogP contribution is -2.52. The second kappa shape index (κ2) is 10.3. The van der Waals surface area contributed by atoms with Crippen molar-refractivity contribution in [3.63, 3.8) is 0 Å². The van der Waals surface area contributed by atoms with Crippen molar-refractivity contribution >= 4 is 18.0 Å². The molecular formula is C27H32N2O5. The summed E-state index contributed by atoms with van der Waals surface area (Å²) in [6, 6.07) is 15.5. The number of benzene rings is 2. The standard InChI is InChI=1S/C27H32N2O5/c1-17(2)25(26(32)29(14-13-24(30)31)15-18-11-12-18)28-27(33)34-16-23-21-9-5-3-7-19(21)20-8-4-6-10-22(20)23/h3-10,17-18,23,25H,11-16H2,1-2H3,(H,28,33)(H,30,31). The molecule has 1 unspecified atom stereocenters. The highest BCUT2D eigenvalue weighted by molar-refractivity contribution is 5.86. The summed E-state index contributed by atoms with van der Waals surface area (Å²) < 4.78 is 5.63. The van der Waals surface area contributed by atoms with E-state index in [-0.39, 0.29) is 37.3 Å². The molecule has 7 nitrogen and oxygen atoms in total. The molecule has 0 saturated heterocycles. The van der Waals surface area contributed by atoms with Gasteiger partial charge in [-0.1, -0.05) is 62.4 Å². The average molecular weight is 465 g/mol. The second-order valence-electron chi connectivity index (χ2n) is 9.56. The summed E-state index contributed by atoms with van der Waals surface area (Å²) in [5.41, 5.74) is 4.54. The molecule has 7 heteroatoms. The van der Waals surface area contributed by atoms with Crippen LogP contribution < -0.4 is 5.32 Å². The highest BCUT2D eigenvalue weighted by Gasteiger charge is 2.34. The molecule has 0 bridgehead atoms. The smallest absolute Gasteiger partial charge is 0.407 e. The Morgan fingerprint density at radius 1 is 1.03 bits per heavy atom. The number of carboxylic acids is 1. The summed E-state index contributed by atoms with van der Waals surface area (Å²) in [6.07, 6.45) is 1.33. The Labute approximate surface area is 200 Å². The minimum absolute atomic E-state index is 0.0618. The van der Waals surface area contributed by atoms with Crippen LogP contribution in [-0.2, 0) is 14.3 Å². The number of hydrogen-bond donors (Lipinski definition) is 2. The summed E-state index contributed by atoms with van der Waals surface area (Å²) in [5, 5.41) is 11.8. The summed E-state index contributed by atoms with van der Waals surface area (Å²) in [6.45, 7) is 4.56. The number of fused-ring (bicyclic) bond motifs is 3. The van der Waals surface area contributed by atoms with Crippen LogP contribution in [0.15, 0.2) is 48.5 Å². The number of nitrogens with one attached hydrogen (secondary N) is 1. The van der Waals surface area contributed by atoms with Crippen LogP contribution in [0.2, 0.25) is 0 Å². The maximum absolute atomic E-state index is 13.2. The predicted molar refractivity (Wildman–Crippen MR) is 128 cm³/mol. The first-order valence-electron chi connectivity index (χ1n) is 12.0. The minimum Gasteiger partial charge on any atom is -0.481 e. The molecule has 2 amide bonds. The SMILES string of the molecule is CC(C)C(NC(=O)OCC1c2ccccc2-c2ccccc21)C(=O)N(CCC(=O)O)CC1CC1. The lowest BCUT2D eigenvalue weighted by Gasteiger charge is -2.29. The van der Waals surface area contributed by atoms with Crippen LogP contribution >= 0.6 is 0 Å². The van der Waals surface area contributed by atoms with E-state index in [1.165, 1.54) is 0 Å². The molecule has 1 atom stereocenters. The van der Waals surface area contributed by atoms with Gasteiger partial charge >= 0.3 is 12.1 Å². The van der Waals surface area contributed by atoms with E-state index in [9.17, 15) is 14.4 Å². The quantitative estimate of drug-likeness (QED) is 0.548. The van der Waals surface area contributed by atoms with Gasteiger partial charge in [0.1, 0.15) is 12.6 Å². The van der Waals surface area contributed by atoms with Crippen molar-refractivity contribution in [2.24, 2.45) is 11.8 Å². The van der Waals surface area contributed by atoms with Gasteiger partial charge in [0.25, 0.3) is 0 Å². The molecule has 2 aliphatic carbocycles. The molecule has 34 heavy (non-hydrogen) atoms. The third-order valence-corrected chi connectivity index (χ3v) is 6.63. The van der Waals surface area contributed by atoms with Gasteiger partial charge < -0.3 is 20.1 Å². The van der Waals surface area contributed by atoms with E-state index in [4.69, 9.17) is 9.84 Å². The maximum Gasteiger partial charge on any atom is 0.407 e. The second-order valence-corrected chi connectivity index (χ2v) is 9.56. The van der Waals surface area contributed by atoms with Crippen LogP contribution in [0.25, 0.3) is 11.1 Å². The van der Waals surface area contributed by atoms with E-state index in [0.717, 1.165) is 35.1 Å². The Bertz CT molecular complexity index is 1020. The van der Waals surface area contributed by atoms with Crippen LogP contribution in [0.4, 0.5) is 4.79 Å². The fourth-order valence-corrected chi connectivity index (χ4v) is 4.61. The molecule has 0 heterocycles. The van der Waals surface area contributed by atoms with Crippen LogP contribution in [0.1, 0.15) is 50.2 Å². The van der Waals surface area contributed by atoms with E-state index in [0.29, 0.717) is 12.5 Å². The van der Waals surface area contributed by atoms with Crippen molar-refractivity contribution < 1.29 is 24.2 Å². The van der Waals surface area contributed by atoms with Crippen molar-refractivity contribution in [1.29, 1.82) is 0 Å². The van der Waals surface area contributed by atoms with Gasteiger partial charge in [-0.2, -0.15) is 0 Å². The van der Waals surface area contributed by atoms with Crippen molar-refractivity contribution in [1.82, 2.24) is 10.2 Å². The van der Waals surface area contributed by atoms with Crippen LogP contribution in [0, 0.1) is 11.8 Å². The zero-order chi connectivity index (χ0) is 24.2. The van der Waals surface area contributed by atoms with E-state index in [1.54, 1.807) is 4.90 Å². The average Bonchev–Trinajstić information content (AvgIpc) is 3.59. The molecule has 4 rings (SSSR count). The zero-order valence-corrected chi connectivity index (χ0v) is 19.7. The summed E-state index contributed by atoms with van der Waals surface area (Å²) in [4.78, 5) is 38.7. The number of ether oxygens (including phenoxy) is 1. The van der Waals surface area contributed by atoms with Gasteiger partial charge in [-0.05, 0) is 46.9 Å².